The molecule has 1 N–H and O–H groups in total. The van der Waals surface area contributed by atoms with Gasteiger partial charge < -0.3 is 24.2 Å². The van der Waals surface area contributed by atoms with Gasteiger partial charge in [0.1, 0.15) is 19.4 Å². The minimum atomic E-state index is 0.578. The molecule has 0 unspecified atom stereocenters. The number of anilines is 2. The lowest BCUT2D eigenvalue weighted by atomic mass is 10.2. The lowest BCUT2D eigenvalue weighted by molar-refractivity contribution is -0.933. The quantitative estimate of drug-likeness (QED) is 0.479. The van der Waals surface area contributed by atoms with Gasteiger partial charge in [0.15, 0.2) is 0 Å². The molecule has 0 amide bonds. The molecule has 0 atom stereocenters. The molecule has 2 aromatic heterocycles. The Morgan fingerprint density at radius 2 is 1.71 bits per heavy atom. The van der Waals surface area contributed by atoms with E-state index >= 15 is 0 Å². The van der Waals surface area contributed by atoms with Crippen LogP contribution in [0.2, 0.25) is 0 Å². The molecule has 0 radical (unpaired) electrons. The molecule has 0 bridgehead atoms. The van der Waals surface area contributed by atoms with E-state index in [1.165, 1.54) is 19.4 Å². The second kappa shape index (κ2) is 10.6. The molecule has 34 heavy (non-hydrogen) atoms. The van der Waals surface area contributed by atoms with Gasteiger partial charge in [0, 0.05) is 13.1 Å². The fourth-order valence-corrected chi connectivity index (χ4v) is 4.75. The average molecular weight is 468 g/mol. The van der Waals surface area contributed by atoms with Crippen LogP contribution in [-0.2, 0) is 9.47 Å². The van der Waals surface area contributed by atoms with Crippen molar-refractivity contribution in [3.63, 3.8) is 0 Å². The van der Waals surface area contributed by atoms with E-state index in [0.717, 1.165) is 68.0 Å². The highest BCUT2D eigenvalue weighted by atomic mass is 16.5. The fraction of sp³-hybridized carbons (Fsp3) is 0.583. The summed E-state index contributed by atoms with van der Waals surface area (Å²) in [5.41, 5.74) is 1.89. The first kappa shape index (κ1) is 22.9. The third-order valence-corrected chi connectivity index (χ3v) is 6.85. The number of nitrogens with zero attached hydrogens (tertiary/aromatic N) is 7. The van der Waals surface area contributed by atoms with E-state index in [1.807, 2.05) is 28.8 Å². The number of quaternary nitrogens is 1. The van der Waals surface area contributed by atoms with E-state index in [9.17, 15) is 0 Å². The number of benzene rings is 1. The standard InChI is InChI=1S/C24H35N8O2/c1-2-3-11-32(13-17-34-18-14-32)12-8-25-22-27-23(30-9-15-33-16-10-30)29-24(28-22)31-19-26-20-6-4-5-7-21(20)31/h4-7,19H,2-3,8-18H2,1H3,(H,25,27,28,29)/q+1. The van der Waals surface area contributed by atoms with Gasteiger partial charge in [-0.1, -0.05) is 25.5 Å². The van der Waals surface area contributed by atoms with Crippen molar-refractivity contribution in [2.75, 3.05) is 82.5 Å². The Morgan fingerprint density at radius 1 is 0.941 bits per heavy atom. The molecule has 0 aliphatic carbocycles. The summed E-state index contributed by atoms with van der Waals surface area (Å²) in [6.45, 7) is 12.0. The summed E-state index contributed by atoms with van der Waals surface area (Å²) in [5.74, 6) is 1.86. The fourth-order valence-electron chi connectivity index (χ4n) is 4.75. The van der Waals surface area contributed by atoms with E-state index < -0.39 is 0 Å². The van der Waals surface area contributed by atoms with Crippen molar-refractivity contribution < 1.29 is 14.0 Å². The van der Waals surface area contributed by atoms with E-state index in [0.29, 0.717) is 31.1 Å². The molecule has 1 aromatic carbocycles. The van der Waals surface area contributed by atoms with Crippen LogP contribution in [0.15, 0.2) is 30.6 Å². The lowest BCUT2D eigenvalue weighted by Gasteiger charge is -2.41. The van der Waals surface area contributed by atoms with Gasteiger partial charge in [-0.25, -0.2) is 4.98 Å². The number of hydrogen-bond acceptors (Lipinski definition) is 8. The Morgan fingerprint density at radius 3 is 2.53 bits per heavy atom. The summed E-state index contributed by atoms with van der Waals surface area (Å²) in [6, 6.07) is 8.03. The summed E-state index contributed by atoms with van der Waals surface area (Å²) in [7, 11) is 0. The van der Waals surface area contributed by atoms with Crippen LogP contribution >= 0.6 is 0 Å². The molecule has 4 heterocycles. The summed E-state index contributed by atoms with van der Waals surface area (Å²) >= 11 is 0. The number of nitrogens with one attached hydrogen (secondary N) is 1. The number of imidazole rings is 1. The van der Waals surface area contributed by atoms with Crippen LogP contribution in [0.25, 0.3) is 17.0 Å². The van der Waals surface area contributed by atoms with Crippen molar-refractivity contribution in [2.24, 2.45) is 0 Å². The Labute approximate surface area is 200 Å². The zero-order chi connectivity index (χ0) is 23.2. The normalized spacial score (nSPS) is 18.3. The third-order valence-electron chi connectivity index (χ3n) is 6.85. The van der Waals surface area contributed by atoms with Crippen molar-refractivity contribution in [1.82, 2.24) is 24.5 Å². The maximum absolute atomic E-state index is 5.65. The van der Waals surface area contributed by atoms with E-state index in [4.69, 9.17) is 24.4 Å². The average Bonchev–Trinajstić information content (AvgIpc) is 3.33. The molecular weight excluding hydrogens is 432 g/mol. The molecule has 0 saturated carbocycles. The predicted molar refractivity (Wildman–Crippen MR) is 131 cm³/mol. The molecule has 0 spiro atoms. The van der Waals surface area contributed by atoms with Crippen LogP contribution in [0.1, 0.15) is 19.8 Å². The van der Waals surface area contributed by atoms with Crippen LogP contribution in [0.4, 0.5) is 11.9 Å². The second-order valence-corrected chi connectivity index (χ2v) is 9.09. The maximum atomic E-state index is 5.65. The predicted octanol–water partition coefficient (Wildman–Crippen LogP) is 2.11. The molecule has 2 aliphatic rings. The number of rotatable bonds is 9. The zero-order valence-electron chi connectivity index (χ0n) is 20.0. The summed E-state index contributed by atoms with van der Waals surface area (Å²) < 4.78 is 14.2. The lowest BCUT2D eigenvalue weighted by Crippen LogP contribution is -2.57. The van der Waals surface area contributed by atoms with Crippen molar-refractivity contribution >= 4 is 22.9 Å². The van der Waals surface area contributed by atoms with Crippen LogP contribution < -0.4 is 10.2 Å². The van der Waals surface area contributed by atoms with E-state index in [2.05, 4.69) is 22.1 Å². The van der Waals surface area contributed by atoms with Gasteiger partial charge in [-0.3, -0.25) is 4.57 Å². The Balaban J connectivity index is 1.39. The Hall–Kier alpha value is -2.82. The highest BCUT2D eigenvalue weighted by Crippen LogP contribution is 2.20. The first-order valence-corrected chi connectivity index (χ1v) is 12.4. The van der Waals surface area contributed by atoms with Gasteiger partial charge >= 0.3 is 0 Å². The molecule has 182 valence electrons. The first-order chi connectivity index (χ1) is 16.8. The van der Waals surface area contributed by atoms with Gasteiger partial charge in [0.25, 0.3) is 0 Å². The largest absolute Gasteiger partial charge is 0.378 e. The number of aromatic nitrogens is 5. The SMILES string of the molecule is CCCC[N+]1(CCNc2nc(N3CCOCC3)nc(-n3cnc4ccccc43)n2)CCOCC1. The first-order valence-electron chi connectivity index (χ1n) is 12.4. The molecule has 10 nitrogen and oxygen atoms in total. The van der Waals surface area contributed by atoms with E-state index in [1.54, 1.807) is 6.33 Å². The van der Waals surface area contributed by atoms with Gasteiger partial charge in [0.05, 0.1) is 57.1 Å². The van der Waals surface area contributed by atoms with Crippen molar-refractivity contribution in [1.29, 1.82) is 0 Å². The van der Waals surface area contributed by atoms with Crippen molar-refractivity contribution in [3.8, 4) is 5.95 Å². The van der Waals surface area contributed by atoms with Crippen LogP contribution in [0.3, 0.4) is 0 Å². The summed E-state index contributed by atoms with van der Waals surface area (Å²) in [4.78, 5) is 21.1. The minimum absolute atomic E-state index is 0.578. The topological polar surface area (TPSA) is 90.2 Å². The van der Waals surface area contributed by atoms with Gasteiger partial charge in [-0.2, -0.15) is 15.0 Å². The summed E-state index contributed by atoms with van der Waals surface area (Å²) in [5, 5.41) is 3.51. The van der Waals surface area contributed by atoms with Crippen LogP contribution in [0.5, 0.6) is 0 Å². The third kappa shape index (κ3) is 5.13. The highest BCUT2D eigenvalue weighted by Gasteiger charge is 2.29. The number of fused-ring (bicyclic) bond motifs is 1. The maximum Gasteiger partial charge on any atom is 0.242 e. The Bertz CT molecular complexity index is 1080. The smallest absolute Gasteiger partial charge is 0.242 e. The monoisotopic (exact) mass is 467 g/mol. The van der Waals surface area contributed by atoms with Crippen molar-refractivity contribution in [2.45, 2.75) is 19.8 Å². The van der Waals surface area contributed by atoms with Crippen molar-refractivity contribution in [3.05, 3.63) is 30.6 Å². The molecular formula is C24H35N8O2+. The molecule has 2 saturated heterocycles. The zero-order valence-corrected chi connectivity index (χ0v) is 20.0. The molecule has 5 rings (SSSR count). The molecule has 10 heteroatoms. The van der Waals surface area contributed by atoms with Gasteiger partial charge in [-0.15, -0.1) is 0 Å². The highest BCUT2D eigenvalue weighted by molar-refractivity contribution is 5.76. The number of unbranched alkanes of at least 4 members (excludes halogenated alkanes) is 1. The Kier molecular flexibility index (Phi) is 7.17. The molecule has 2 fully saturated rings. The van der Waals surface area contributed by atoms with Crippen LogP contribution in [0, 0.1) is 0 Å². The molecule has 2 aliphatic heterocycles. The van der Waals surface area contributed by atoms with Crippen LogP contribution in [-0.4, -0.2) is 101 Å². The number of hydrogen-bond donors (Lipinski definition) is 1. The summed E-state index contributed by atoms with van der Waals surface area (Å²) in [6.07, 6.45) is 4.24. The number of para-hydroxylation sites is 2. The van der Waals surface area contributed by atoms with Gasteiger partial charge in [-0.05, 0) is 18.6 Å². The molecule has 3 aromatic rings. The second-order valence-electron chi connectivity index (χ2n) is 9.09. The minimum Gasteiger partial charge on any atom is -0.378 e. The number of morpholine rings is 2. The van der Waals surface area contributed by atoms with Gasteiger partial charge in [0.2, 0.25) is 17.8 Å². The number of ether oxygens (including phenoxy) is 2. The van der Waals surface area contributed by atoms with E-state index in [-0.39, 0.29) is 0 Å².